The number of rotatable bonds is 11. The lowest BCUT2D eigenvalue weighted by molar-refractivity contribution is 0.105. The maximum atomic E-state index is 5.57. The van der Waals surface area contributed by atoms with Gasteiger partial charge in [0, 0.05) is 44.0 Å². The van der Waals surface area contributed by atoms with Crippen LogP contribution < -0.4 is 10.6 Å². The second kappa shape index (κ2) is 14.0. The Morgan fingerprint density at radius 3 is 2.89 bits per heavy atom. The van der Waals surface area contributed by atoms with Crippen LogP contribution in [0.3, 0.4) is 0 Å². The Balaban J connectivity index is 0.00000364. The summed E-state index contributed by atoms with van der Waals surface area (Å²) in [6.45, 7) is 9.99. The van der Waals surface area contributed by atoms with Crippen molar-refractivity contribution < 1.29 is 9.15 Å². The summed E-state index contributed by atoms with van der Waals surface area (Å²) < 4.78 is 10.8. The van der Waals surface area contributed by atoms with E-state index in [2.05, 4.69) is 46.8 Å². The largest absolute Gasteiger partial charge is 0.467 e. The van der Waals surface area contributed by atoms with Crippen molar-refractivity contribution in [2.24, 2.45) is 4.99 Å². The molecule has 0 unspecified atom stereocenters. The standard InChI is InChI=1S/C19H30N4O2S.HI/c1-4-20-19(21-9-6-11-24-13-17-7-5-12-25-17)22-10-8-16-14-26-18(23-16)15(2)3;/h5,7,12,14-15H,4,6,8-11,13H2,1-3H3,(H2,20,21,22);1H. The number of nitrogens with zero attached hydrogens (tertiary/aromatic N) is 2. The lowest BCUT2D eigenvalue weighted by Gasteiger charge is -2.10. The van der Waals surface area contributed by atoms with Gasteiger partial charge in [0.2, 0.25) is 0 Å². The van der Waals surface area contributed by atoms with Crippen LogP contribution in [0.5, 0.6) is 0 Å². The minimum absolute atomic E-state index is 0. The zero-order valence-corrected chi connectivity index (χ0v) is 19.5. The Morgan fingerprint density at radius 1 is 1.37 bits per heavy atom. The van der Waals surface area contributed by atoms with Crippen LogP contribution in [0.4, 0.5) is 0 Å². The smallest absolute Gasteiger partial charge is 0.191 e. The third-order valence-electron chi connectivity index (χ3n) is 3.62. The lowest BCUT2D eigenvalue weighted by atomic mass is 10.2. The minimum atomic E-state index is 0. The number of thiazole rings is 1. The van der Waals surface area contributed by atoms with Gasteiger partial charge in [0.1, 0.15) is 12.4 Å². The van der Waals surface area contributed by atoms with E-state index in [4.69, 9.17) is 9.15 Å². The summed E-state index contributed by atoms with van der Waals surface area (Å²) in [6, 6.07) is 3.78. The topological polar surface area (TPSA) is 71.7 Å². The molecule has 6 nitrogen and oxygen atoms in total. The van der Waals surface area contributed by atoms with Crippen LogP contribution in [-0.2, 0) is 17.8 Å². The Labute approximate surface area is 183 Å². The summed E-state index contributed by atoms with van der Waals surface area (Å²) >= 11 is 1.74. The third-order valence-corrected chi connectivity index (χ3v) is 4.82. The molecule has 0 fully saturated rings. The fraction of sp³-hybridized carbons (Fsp3) is 0.579. The molecule has 2 aromatic heterocycles. The van der Waals surface area contributed by atoms with Gasteiger partial charge in [-0.05, 0) is 25.5 Å². The van der Waals surface area contributed by atoms with Crippen molar-refractivity contribution in [1.29, 1.82) is 0 Å². The number of ether oxygens (including phenoxy) is 1. The molecule has 2 aromatic rings. The summed E-state index contributed by atoms with van der Waals surface area (Å²) in [7, 11) is 0. The van der Waals surface area contributed by atoms with E-state index in [1.165, 1.54) is 5.01 Å². The average Bonchev–Trinajstić information content (AvgIpc) is 3.29. The van der Waals surface area contributed by atoms with Crippen LogP contribution in [0.25, 0.3) is 0 Å². The second-order valence-corrected chi connectivity index (χ2v) is 7.14. The minimum Gasteiger partial charge on any atom is -0.467 e. The Kier molecular flexibility index (Phi) is 12.4. The molecule has 0 saturated heterocycles. The van der Waals surface area contributed by atoms with Crippen LogP contribution in [0.2, 0.25) is 0 Å². The van der Waals surface area contributed by atoms with Gasteiger partial charge >= 0.3 is 0 Å². The first kappa shape index (κ1) is 23.9. The van der Waals surface area contributed by atoms with Crippen LogP contribution in [-0.4, -0.2) is 37.2 Å². The molecule has 2 heterocycles. The Hall–Kier alpha value is -1.13. The van der Waals surface area contributed by atoms with Crippen LogP contribution >= 0.6 is 35.3 Å². The van der Waals surface area contributed by atoms with Crippen molar-refractivity contribution in [2.45, 2.75) is 46.1 Å². The molecule has 8 heteroatoms. The zero-order valence-electron chi connectivity index (χ0n) is 16.4. The fourth-order valence-electron chi connectivity index (χ4n) is 2.28. The Bertz CT molecular complexity index is 644. The van der Waals surface area contributed by atoms with E-state index in [9.17, 15) is 0 Å². The molecule has 0 aliphatic rings. The number of hydrogen-bond acceptors (Lipinski definition) is 5. The van der Waals surface area contributed by atoms with Crippen molar-refractivity contribution in [3.05, 3.63) is 40.2 Å². The predicted molar refractivity (Wildman–Crippen MR) is 122 cm³/mol. The normalized spacial score (nSPS) is 11.5. The fourth-order valence-corrected chi connectivity index (χ4v) is 3.15. The van der Waals surface area contributed by atoms with Crippen molar-refractivity contribution in [3.63, 3.8) is 0 Å². The number of nitrogens with one attached hydrogen (secondary N) is 2. The third kappa shape index (κ3) is 9.57. The first-order valence-electron chi connectivity index (χ1n) is 9.25. The number of guanidine groups is 1. The van der Waals surface area contributed by atoms with E-state index in [1.807, 2.05) is 12.1 Å². The number of aromatic nitrogens is 1. The molecule has 0 atom stereocenters. The molecule has 152 valence electrons. The molecule has 27 heavy (non-hydrogen) atoms. The number of hydrogen-bond donors (Lipinski definition) is 2. The molecule has 0 spiro atoms. The molecular weight excluding hydrogens is 475 g/mol. The average molecular weight is 506 g/mol. The highest BCUT2D eigenvalue weighted by atomic mass is 127. The number of furan rings is 1. The van der Waals surface area contributed by atoms with Gasteiger partial charge in [-0.15, -0.1) is 35.3 Å². The zero-order chi connectivity index (χ0) is 18.6. The van der Waals surface area contributed by atoms with E-state index < -0.39 is 0 Å². The van der Waals surface area contributed by atoms with Gasteiger partial charge in [0.25, 0.3) is 0 Å². The van der Waals surface area contributed by atoms with E-state index in [-0.39, 0.29) is 24.0 Å². The van der Waals surface area contributed by atoms with Crippen molar-refractivity contribution in [3.8, 4) is 0 Å². The second-order valence-electron chi connectivity index (χ2n) is 6.25. The van der Waals surface area contributed by atoms with Crippen molar-refractivity contribution in [2.75, 3.05) is 26.2 Å². The molecule has 0 saturated carbocycles. The van der Waals surface area contributed by atoms with Crippen LogP contribution in [0, 0.1) is 0 Å². The van der Waals surface area contributed by atoms with Crippen molar-refractivity contribution in [1.82, 2.24) is 15.6 Å². The Morgan fingerprint density at radius 2 is 2.22 bits per heavy atom. The van der Waals surface area contributed by atoms with Gasteiger partial charge in [-0.25, -0.2) is 4.98 Å². The molecule has 0 bridgehead atoms. The number of aliphatic imine (C=N–C) groups is 1. The highest BCUT2D eigenvalue weighted by Crippen LogP contribution is 2.19. The SMILES string of the molecule is CCNC(=NCCCOCc1ccco1)NCCc1csc(C(C)C)n1.I. The summed E-state index contributed by atoms with van der Waals surface area (Å²) in [4.78, 5) is 9.25. The molecule has 0 aliphatic heterocycles. The van der Waals surface area contributed by atoms with E-state index in [1.54, 1.807) is 17.6 Å². The first-order chi connectivity index (χ1) is 12.7. The van der Waals surface area contributed by atoms with Gasteiger partial charge in [-0.3, -0.25) is 4.99 Å². The summed E-state index contributed by atoms with van der Waals surface area (Å²) in [6.07, 6.45) is 3.44. The van der Waals surface area contributed by atoms with Crippen LogP contribution in [0.15, 0.2) is 33.2 Å². The van der Waals surface area contributed by atoms with Gasteiger partial charge < -0.3 is 19.8 Å². The molecule has 2 rings (SSSR count). The monoisotopic (exact) mass is 506 g/mol. The van der Waals surface area contributed by atoms with Gasteiger partial charge in [-0.2, -0.15) is 0 Å². The maximum Gasteiger partial charge on any atom is 0.191 e. The lowest BCUT2D eigenvalue weighted by Crippen LogP contribution is -2.38. The number of halogens is 1. The highest BCUT2D eigenvalue weighted by molar-refractivity contribution is 14.0. The molecule has 0 radical (unpaired) electrons. The van der Waals surface area contributed by atoms with Gasteiger partial charge in [-0.1, -0.05) is 13.8 Å². The molecular formula is C19H31IN4O2S. The van der Waals surface area contributed by atoms with E-state index >= 15 is 0 Å². The van der Waals surface area contributed by atoms with Crippen LogP contribution in [0.1, 0.15) is 49.6 Å². The highest BCUT2D eigenvalue weighted by Gasteiger charge is 2.06. The summed E-state index contributed by atoms with van der Waals surface area (Å²) in [5.41, 5.74) is 1.15. The molecule has 0 aromatic carbocycles. The predicted octanol–water partition coefficient (Wildman–Crippen LogP) is 4.18. The van der Waals surface area contributed by atoms with Gasteiger partial charge in [0.15, 0.2) is 5.96 Å². The molecule has 0 amide bonds. The summed E-state index contributed by atoms with van der Waals surface area (Å²) in [5.74, 6) is 2.19. The van der Waals surface area contributed by atoms with Crippen molar-refractivity contribution >= 4 is 41.3 Å². The van der Waals surface area contributed by atoms with E-state index in [0.29, 0.717) is 19.1 Å². The quantitative estimate of drug-likeness (QED) is 0.207. The van der Waals surface area contributed by atoms with Gasteiger partial charge in [0.05, 0.1) is 17.0 Å². The maximum absolute atomic E-state index is 5.57. The summed E-state index contributed by atoms with van der Waals surface area (Å²) in [5, 5.41) is 9.99. The molecule has 2 N–H and O–H groups in total. The van der Waals surface area contributed by atoms with E-state index in [0.717, 1.165) is 49.9 Å². The molecule has 0 aliphatic carbocycles. The first-order valence-corrected chi connectivity index (χ1v) is 10.1.